The fourth-order valence-electron chi connectivity index (χ4n) is 15.0. The largest absolute Gasteiger partial charge is 0.340 e. The summed E-state index contributed by atoms with van der Waals surface area (Å²) in [5, 5.41) is 14.0. The Kier molecular flexibility index (Phi) is 32.3. The van der Waals surface area contributed by atoms with E-state index in [1.807, 2.05) is 152 Å². The van der Waals surface area contributed by atoms with Gasteiger partial charge in [-0.15, -0.1) is 148 Å². The molecule has 16 heteroatoms. The first-order valence-electron chi connectivity index (χ1n) is 37.7. The molecule has 4 aromatic heterocycles. The van der Waals surface area contributed by atoms with Crippen molar-refractivity contribution in [3.63, 3.8) is 0 Å². The minimum Gasteiger partial charge on any atom is -0.340 e. The maximum Gasteiger partial charge on any atom is 0.187 e. The number of aromatic nitrogens is 10. The summed E-state index contributed by atoms with van der Waals surface area (Å²) in [6.45, 7) is 48.9. The molecule has 11 aromatic carbocycles. The molecule has 588 valence electrons. The van der Waals surface area contributed by atoms with E-state index in [4.69, 9.17) is 23.2 Å². The Bertz CT molecular complexity index is 5790. The first kappa shape index (κ1) is 90.1. The normalized spacial score (nSPS) is 10.5. The quantitative estimate of drug-likeness (QED) is 0.0939. The van der Waals surface area contributed by atoms with Crippen LogP contribution in [-0.4, -0.2) is 49.0 Å². The Labute approximate surface area is 733 Å². The number of hydrogen-bond donors (Lipinski definition) is 0. The van der Waals surface area contributed by atoms with Gasteiger partial charge in [-0.1, -0.05) is 165 Å². The minimum absolute atomic E-state index is 0. The van der Waals surface area contributed by atoms with Crippen molar-refractivity contribution < 1.29 is 80.4 Å². The molecule has 15 aromatic rings. The molecule has 0 amide bonds. The van der Waals surface area contributed by atoms with Crippen LogP contribution in [-0.2, 0) is 93.3 Å². The van der Waals surface area contributed by atoms with Crippen molar-refractivity contribution in [2.24, 2.45) is 11.8 Å². The SMILES string of the molecule is Cc1cc(C)cc(-c2cc(C)c(-n3c(-c4[c-]cccc4)nnc3-c3ccccc3C)c(C)c2)c1.Cc1ncnc(-c2[c-]cccc2)c1-c1ccccc1.[C-]#[N+]c1cc(C)c(-c2cc[c-]c(-c3nc(C)nn3-c3c(C)cc(C)cc3C)c2)c(C)c1.[C-]#[N+]c1cc(CC(C)C)c(-n2ccnc2-c2[c-]cccc2)c(CC(C)C)c1.[Ir].[Ir].[Ir].[Ir]. The van der Waals surface area contributed by atoms with Crippen molar-refractivity contribution in [1.82, 2.24) is 49.0 Å². The molecule has 4 heterocycles. The van der Waals surface area contributed by atoms with E-state index in [1.54, 1.807) is 6.33 Å². The topological polar surface area (TPSA) is 114 Å². The fraction of sp³-hybridized carbons (Fsp3) is 0.202. The van der Waals surface area contributed by atoms with Crippen molar-refractivity contribution in [3.8, 4) is 107 Å². The van der Waals surface area contributed by atoms with Gasteiger partial charge in [0.1, 0.15) is 12.2 Å². The van der Waals surface area contributed by atoms with E-state index in [1.165, 1.54) is 72.4 Å². The maximum absolute atomic E-state index is 7.52. The third-order valence-electron chi connectivity index (χ3n) is 19.3. The van der Waals surface area contributed by atoms with E-state index >= 15 is 0 Å². The van der Waals surface area contributed by atoms with Crippen molar-refractivity contribution in [1.29, 1.82) is 0 Å². The van der Waals surface area contributed by atoms with E-state index in [0.29, 0.717) is 17.5 Å². The van der Waals surface area contributed by atoms with Crippen LogP contribution in [0.15, 0.2) is 231 Å². The van der Waals surface area contributed by atoms with Crippen molar-refractivity contribution in [2.45, 2.75) is 124 Å². The van der Waals surface area contributed by atoms with E-state index < -0.39 is 0 Å². The second kappa shape index (κ2) is 41.2. The summed E-state index contributed by atoms with van der Waals surface area (Å²) in [6.07, 6.45) is 7.34. The van der Waals surface area contributed by atoms with Crippen LogP contribution >= 0.6 is 0 Å². The summed E-state index contributed by atoms with van der Waals surface area (Å²) in [4.78, 5) is 25.4. The van der Waals surface area contributed by atoms with Crippen molar-refractivity contribution >= 4 is 11.4 Å². The molecule has 12 nitrogen and oxygen atoms in total. The number of aryl methyl sites for hydroxylation is 12. The van der Waals surface area contributed by atoms with Gasteiger partial charge in [0.25, 0.3) is 0 Å². The van der Waals surface area contributed by atoms with Gasteiger partial charge in [0.15, 0.2) is 17.2 Å². The smallest absolute Gasteiger partial charge is 0.187 e. The number of hydrogen-bond acceptors (Lipinski definition) is 7. The molecule has 0 aliphatic rings. The minimum atomic E-state index is 0. The van der Waals surface area contributed by atoms with Gasteiger partial charge in [-0.25, -0.2) is 14.7 Å². The number of benzene rings is 11. The van der Waals surface area contributed by atoms with Crippen molar-refractivity contribution in [2.75, 3.05) is 0 Å². The first-order chi connectivity index (χ1) is 53.5. The maximum atomic E-state index is 7.52. The Hall–Kier alpha value is -10.4. The zero-order chi connectivity index (χ0) is 78.6. The summed E-state index contributed by atoms with van der Waals surface area (Å²) in [5.74, 6) is 5.05. The Morgan fingerprint density at radius 1 is 0.391 bits per heavy atom. The second-order valence-corrected chi connectivity index (χ2v) is 29.5. The predicted molar refractivity (Wildman–Crippen MR) is 454 cm³/mol. The van der Waals surface area contributed by atoms with Gasteiger partial charge in [-0.2, -0.15) is 10.2 Å². The molecule has 0 saturated carbocycles. The van der Waals surface area contributed by atoms with Crippen LogP contribution in [0.3, 0.4) is 0 Å². The van der Waals surface area contributed by atoms with Gasteiger partial charge in [0.2, 0.25) is 0 Å². The number of nitrogens with zero attached hydrogens (tertiary/aromatic N) is 12. The van der Waals surface area contributed by atoms with Crippen LogP contribution in [0.5, 0.6) is 0 Å². The van der Waals surface area contributed by atoms with E-state index in [9.17, 15) is 0 Å². The van der Waals surface area contributed by atoms with Gasteiger partial charge < -0.3 is 9.13 Å². The van der Waals surface area contributed by atoms with Gasteiger partial charge in [-0.3, -0.25) is 19.6 Å². The van der Waals surface area contributed by atoms with Gasteiger partial charge in [0, 0.05) is 115 Å². The van der Waals surface area contributed by atoms with Crippen LogP contribution in [0.25, 0.3) is 117 Å². The van der Waals surface area contributed by atoms with Crippen LogP contribution < -0.4 is 0 Å². The molecule has 0 aliphatic heterocycles. The molecule has 0 N–H and O–H groups in total. The van der Waals surface area contributed by atoms with E-state index in [0.717, 1.165) is 132 Å². The molecule has 0 saturated heterocycles. The summed E-state index contributed by atoms with van der Waals surface area (Å²) < 4.78 is 6.32. The van der Waals surface area contributed by atoms with Crippen LogP contribution in [0, 0.1) is 132 Å². The molecule has 0 atom stereocenters. The predicted octanol–water partition coefficient (Wildman–Crippen LogP) is 24.6. The Morgan fingerprint density at radius 2 is 0.896 bits per heavy atom. The average Bonchev–Trinajstić information content (AvgIpc) is 1.66. The molecule has 0 aliphatic carbocycles. The Balaban J connectivity index is 0.000000193. The summed E-state index contributed by atoms with van der Waals surface area (Å²) in [6, 6.07) is 85.3. The first-order valence-corrected chi connectivity index (χ1v) is 37.7. The average molecular weight is 2220 g/mol. The second-order valence-electron chi connectivity index (χ2n) is 29.5. The summed E-state index contributed by atoms with van der Waals surface area (Å²) in [7, 11) is 0. The molecular weight excluding hydrogens is 2130 g/mol. The monoisotopic (exact) mass is 2220 g/mol. The molecule has 0 fully saturated rings. The molecule has 0 unspecified atom stereocenters. The van der Waals surface area contributed by atoms with E-state index in [2.05, 4.69) is 256 Å². The third-order valence-corrected chi connectivity index (χ3v) is 19.3. The third kappa shape index (κ3) is 21.4. The molecule has 115 heavy (non-hydrogen) atoms. The zero-order valence-electron chi connectivity index (χ0n) is 67.7. The van der Waals surface area contributed by atoms with Gasteiger partial charge in [0.05, 0.1) is 36.3 Å². The van der Waals surface area contributed by atoms with E-state index in [-0.39, 0.29) is 80.4 Å². The zero-order valence-corrected chi connectivity index (χ0v) is 77.3. The number of rotatable bonds is 15. The molecule has 0 bridgehead atoms. The van der Waals surface area contributed by atoms with Crippen LogP contribution in [0.2, 0.25) is 0 Å². The number of imidazole rings is 1. The standard InChI is InChI=1S/C31H28N3.C27H25N4.C24H26N3.C17H13N2.4Ir/c1-20-15-21(2)17-26(16-20)27-18-23(4)29(24(5)19-27)34-30(25-12-7-6-8-13-25)32-33-31(34)28-14-10-9-11-22(28)3;1-16-11-19(4)26(20(5)12-16)31-27(29-21(6)30-31)23-10-8-9-22(15-23)25-17(2)13-24(28-7)14-18(25)3;1-17(2)13-20-15-22(25-5)16-21(14-18(3)4)23(20)27-12-11-26-24(27)19-9-7-6-8-10-19;1-13-16(14-8-4-2-5-9-14)17(19-12-18-13)15-10-6-3-7-11-15;;;;/h6-12,14-19H,1-5H3;8-9,11-15H,1-6H3;6-9,11-12,15-18H,13-14H2,1-4H3;2-10,12H,1H3;;;;/q4*-1;;;;. The van der Waals surface area contributed by atoms with Gasteiger partial charge in [-0.05, 0) is 192 Å². The molecule has 15 rings (SSSR count). The van der Waals surface area contributed by atoms with Crippen LogP contribution in [0.4, 0.5) is 11.4 Å². The van der Waals surface area contributed by atoms with Gasteiger partial charge >= 0.3 is 0 Å². The van der Waals surface area contributed by atoms with Crippen molar-refractivity contribution in [3.05, 3.63) is 356 Å². The molecule has 0 spiro atoms. The summed E-state index contributed by atoms with van der Waals surface area (Å²) >= 11 is 0. The Morgan fingerprint density at radius 3 is 1.45 bits per heavy atom. The van der Waals surface area contributed by atoms with Crippen LogP contribution in [0.1, 0.15) is 106 Å². The molecular formula is C99H92Ir4N12-4. The fourth-order valence-corrected chi connectivity index (χ4v) is 15.0. The summed E-state index contributed by atoms with van der Waals surface area (Å²) in [5.41, 5.74) is 32.7. The molecule has 4 radical (unpaired) electrons.